The summed E-state index contributed by atoms with van der Waals surface area (Å²) in [5, 5.41) is 21.9. The maximum Gasteiger partial charge on any atom is 0.408 e. The van der Waals surface area contributed by atoms with Crippen LogP contribution in [0.25, 0.3) is 0 Å². The summed E-state index contributed by atoms with van der Waals surface area (Å²) in [6, 6.07) is 15.4. The summed E-state index contributed by atoms with van der Waals surface area (Å²) in [7, 11) is 1.50. The maximum absolute atomic E-state index is 12.2. The van der Waals surface area contributed by atoms with E-state index in [-0.39, 0.29) is 6.61 Å². The number of nitrogens with one attached hydrogen (secondary N) is 1. The number of rotatable bonds is 7. The molecule has 2 rings (SSSR count). The number of methoxy groups -OCH3 is 1. The first kappa shape index (κ1) is 19.3. The van der Waals surface area contributed by atoms with E-state index in [1.54, 1.807) is 36.4 Å². The summed E-state index contributed by atoms with van der Waals surface area (Å²) >= 11 is 0. The maximum atomic E-state index is 12.2. The fraction of sp³-hybridized carbons (Fsp3) is 0.263. The number of carbonyl (C=O) groups is 2. The van der Waals surface area contributed by atoms with E-state index in [0.29, 0.717) is 11.3 Å². The Morgan fingerprint density at radius 3 is 2.27 bits per heavy atom. The zero-order valence-electron chi connectivity index (χ0n) is 14.5. The van der Waals surface area contributed by atoms with Crippen molar-refractivity contribution >= 4 is 12.1 Å². The highest BCUT2D eigenvalue weighted by atomic mass is 16.5. The molecule has 7 nitrogen and oxygen atoms in total. The molecule has 0 heterocycles. The second-order valence-corrected chi connectivity index (χ2v) is 5.86. The van der Waals surface area contributed by atoms with Gasteiger partial charge < -0.3 is 25.0 Å². The van der Waals surface area contributed by atoms with Crippen LogP contribution in [0.4, 0.5) is 4.79 Å². The zero-order valence-corrected chi connectivity index (χ0v) is 14.5. The van der Waals surface area contributed by atoms with Gasteiger partial charge in [-0.25, -0.2) is 9.59 Å². The number of carboxylic acid groups (broad SMARTS) is 1. The normalized spacial score (nSPS) is 14.0. The molecule has 0 aromatic heterocycles. The molecule has 0 saturated heterocycles. The molecule has 0 aliphatic heterocycles. The molecular formula is C19H21NO6. The van der Waals surface area contributed by atoms with Gasteiger partial charge in [-0.1, -0.05) is 42.5 Å². The number of carboxylic acids is 1. The fourth-order valence-corrected chi connectivity index (χ4v) is 2.45. The Kier molecular flexibility index (Phi) is 6.19. The second-order valence-electron chi connectivity index (χ2n) is 5.86. The minimum Gasteiger partial charge on any atom is -0.497 e. The van der Waals surface area contributed by atoms with Crippen LogP contribution in [0, 0.1) is 0 Å². The second kappa shape index (κ2) is 8.35. The molecule has 2 unspecified atom stereocenters. The van der Waals surface area contributed by atoms with E-state index >= 15 is 0 Å². The van der Waals surface area contributed by atoms with Crippen LogP contribution < -0.4 is 10.1 Å². The molecule has 3 N–H and O–H groups in total. The van der Waals surface area contributed by atoms with Crippen molar-refractivity contribution in [2.45, 2.75) is 25.2 Å². The molecule has 2 aromatic carbocycles. The number of carbonyl (C=O) groups excluding carboxylic acids is 1. The minimum atomic E-state index is -1.87. The van der Waals surface area contributed by atoms with Gasteiger partial charge in [-0.3, -0.25) is 0 Å². The van der Waals surface area contributed by atoms with Gasteiger partial charge in [0.15, 0.2) is 6.10 Å². The quantitative estimate of drug-likeness (QED) is 0.700. The predicted molar refractivity (Wildman–Crippen MR) is 93.8 cm³/mol. The van der Waals surface area contributed by atoms with E-state index in [9.17, 15) is 19.8 Å². The van der Waals surface area contributed by atoms with Crippen LogP contribution >= 0.6 is 0 Å². The Balaban J connectivity index is 2.18. The third-order valence-corrected chi connectivity index (χ3v) is 4.04. The Hall–Kier alpha value is -3.06. The Morgan fingerprint density at radius 2 is 1.73 bits per heavy atom. The van der Waals surface area contributed by atoms with Crippen LogP contribution in [0.3, 0.4) is 0 Å². The number of aliphatic hydroxyl groups is 1. The van der Waals surface area contributed by atoms with Crippen LogP contribution in [0.2, 0.25) is 0 Å². The number of ether oxygens (including phenoxy) is 2. The standard InChI is InChI=1S/C19H21NO6/c1-19(16(21)17(22)23,14-8-10-15(25-2)11-9-14)20-18(24)26-12-13-6-4-3-5-7-13/h3-11,16,21H,12H2,1-2H3,(H,20,24)(H,22,23). The van der Waals surface area contributed by atoms with Gasteiger partial charge in [-0.05, 0) is 30.2 Å². The highest BCUT2D eigenvalue weighted by Crippen LogP contribution is 2.27. The number of aliphatic carboxylic acids is 1. The molecule has 1 amide bonds. The monoisotopic (exact) mass is 359 g/mol. The summed E-state index contributed by atoms with van der Waals surface area (Å²) in [5.41, 5.74) is -0.413. The number of hydrogen-bond acceptors (Lipinski definition) is 5. The molecular weight excluding hydrogens is 338 g/mol. The molecule has 0 radical (unpaired) electrons. The third kappa shape index (κ3) is 4.52. The minimum absolute atomic E-state index is 0.0224. The van der Waals surface area contributed by atoms with E-state index in [4.69, 9.17) is 9.47 Å². The number of benzene rings is 2. The van der Waals surface area contributed by atoms with Crippen molar-refractivity contribution in [2.75, 3.05) is 7.11 Å². The first-order valence-electron chi connectivity index (χ1n) is 7.91. The lowest BCUT2D eigenvalue weighted by Gasteiger charge is -2.33. The van der Waals surface area contributed by atoms with Crippen LogP contribution in [-0.4, -0.2) is 35.5 Å². The van der Waals surface area contributed by atoms with Gasteiger partial charge in [0.2, 0.25) is 0 Å². The molecule has 0 aliphatic carbocycles. The average Bonchev–Trinajstić information content (AvgIpc) is 2.66. The molecule has 138 valence electrons. The van der Waals surface area contributed by atoms with Crippen molar-refractivity contribution in [3.05, 3.63) is 65.7 Å². The van der Waals surface area contributed by atoms with E-state index in [1.807, 2.05) is 18.2 Å². The summed E-state index contributed by atoms with van der Waals surface area (Å²) in [5.74, 6) is -0.903. The van der Waals surface area contributed by atoms with Crippen molar-refractivity contribution in [2.24, 2.45) is 0 Å². The molecule has 26 heavy (non-hydrogen) atoms. The van der Waals surface area contributed by atoms with Crippen LogP contribution in [-0.2, 0) is 21.7 Å². The highest BCUT2D eigenvalue weighted by molar-refractivity contribution is 5.77. The van der Waals surface area contributed by atoms with Gasteiger partial charge >= 0.3 is 12.1 Å². The first-order valence-corrected chi connectivity index (χ1v) is 7.91. The van der Waals surface area contributed by atoms with Gasteiger partial charge in [0.05, 0.1) is 7.11 Å². The molecule has 2 atom stereocenters. The molecule has 2 aromatic rings. The van der Waals surface area contributed by atoms with E-state index < -0.39 is 23.7 Å². The summed E-state index contributed by atoms with van der Waals surface area (Å²) in [4.78, 5) is 23.5. The molecule has 7 heteroatoms. The smallest absolute Gasteiger partial charge is 0.408 e. The van der Waals surface area contributed by atoms with Crippen molar-refractivity contribution in [1.82, 2.24) is 5.32 Å². The average molecular weight is 359 g/mol. The summed E-state index contributed by atoms with van der Waals surface area (Å²) < 4.78 is 10.2. The molecule has 0 saturated carbocycles. The SMILES string of the molecule is COc1ccc(C(C)(NC(=O)OCc2ccccc2)C(O)C(=O)O)cc1. The van der Waals surface area contributed by atoms with E-state index in [2.05, 4.69) is 5.32 Å². The lowest BCUT2D eigenvalue weighted by atomic mass is 9.86. The number of amides is 1. The lowest BCUT2D eigenvalue weighted by molar-refractivity contribution is -0.151. The van der Waals surface area contributed by atoms with E-state index in [1.165, 1.54) is 14.0 Å². The Morgan fingerprint density at radius 1 is 1.12 bits per heavy atom. The van der Waals surface area contributed by atoms with Crippen molar-refractivity contribution in [3.63, 3.8) is 0 Å². The predicted octanol–water partition coefficient (Wildman–Crippen LogP) is 2.28. The van der Waals surface area contributed by atoms with Gasteiger partial charge in [0.25, 0.3) is 0 Å². The molecule has 0 aliphatic rings. The van der Waals surface area contributed by atoms with Crippen LogP contribution in [0.5, 0.6) is 5.75 Å². The molecule has 0 spiro atoms. The largest absolute Gasteiger partial charge is 0.497 e. The summed E-state index contributed by atoms with van der Waals surface area (Å²) in [6.45, 7) is 1.44. The van der Waals surface area contributed by atoms with Crippen molar-refractivity contribution < 1.29 is 29.3 Å². The van der Waals surface area contributed by atoms with Gasteiger partial charge in [0, 0.05) is 0 Å². The zero-order chi connectivity index (χ0) is 19.2. The van der Waals surface area contributed by atoms with Gasteiger partial charge in [-0.15, -0.1) is 0 Å². The lowest BCUT2D eigenvalue weighted by Crippen LogP contribution is -2.54. The highest BCUT2D eigenvalue weighted by Gasteiger charge is 2.41. The van der Waals surface area contributed by atoms with Crippen LogP contribution in [0.15, 0.2) is 54.6 Å². The van der Waals surface area contributed by atoms with Crippen LogP contribution in [0.1, 0.15) is 18.1 Å². The number of hydrogen-bond donors (Lipinski definition) is 3. The van der Waals surface area contributed by atoms with Crippen molar-refractivity contribution in [1.29, 1.82) is 0 Å². The third-order valence-electron chi connectivity index (χ3n) is 4.04. The fourth-order valence-electron chi connectivity index (χ4n) is 2.45. The van der Waals surface area contributed by atoms with Gasteiger partial charge in [0.1, 0.15) is 17.9 Å². The molecule has 0 fully saturated rings. The Bertz CT molecular complexity index is 746. The topological polar surface area (TPSA) is 105 Å². The van der Waals surface area contributed by atoms with Crippen molar-refractivity contribution in [3.8, 4) is 5.75 Å². The molecule has 0 bridgehead atoms. The first-order chi connectivity index (χ1) is 12.4. The van der Waals surface area contributed by atoms with Gasteiger partial charge in [-0.2, -0.15) is 0 Å². The number of aliphatic hydroxyl groups excluding tert-OH is 1. The van der Waals surface area contributed by atoms with E-state index in [0.717, 1.165) is 5.56 Å². The number of alkyl carbamates (subject to hydrolysis) is 1. The Labute approximate surface area is 151 Å². The summed E-state index contributed by atoms with van der Waals surface area (Å²) in [6.07, 6.45) is -2.72.